The Bertz CT molecular complexity index is 701. The van der Waals surface area contributed by atoms with Crippen molar-refractivity contribution in [2.24, 2.45) is 0 Å². The first-order valence-corrected chi connectivity index (χ1v) is 6.78. The molecule has 0 fully saturated rings. The van der Waals surface area contributed by atoms with Gasteiger partial charge in [0.25, 0.3) is 0 Å². The van der Waals surface area contributed by atoms with Crippen LogP contribution >= 0.6 is 23.2 Å². The molecule has 21 heavy (non-hydrogen) atoms. The largest absolute Gasteiger partial charge is 0.478 e. The molecule has 2 N–H and O–H groups in total. The number of anilines is 1. The minimum atomic E-state index is -1.13. The summed E-state index contributed by atoms with van der Waals surface area (Å²) in [6, 6.07) is 11.1. The average molecular weight is 324 g/mol. The molecule has 108 valence electrons. The van der Waals surface area contributed by atoms with Crippen molar-refractivity contribution < 1.29 is 14.7 Å². The van der Waals surface area contributed by atoms with E-state index in [1.165, 1.54) is 18.2 Å². The highest BCUT2D eigenvalue weighted by Gasteiger charge is 2.13. The number of carbonyl (C=O) groups excluding carboxylic acids is 1. The maximum atomic E-state index is 12.0. The van der Waals surface area contributed by atoms with E-state index in [0.29, 0.717) is 10.0 Å². The van der Waals surface area contributed by atoms with Crippen LogP contribution in [0.2, 0.25) is 10.0 Å². The Morgan fingerprint density at radius 1 is 1.05 bits per heavy atom. The van der Waals surface area contributed by atoms with Crippen molar-refractivity contribution >= 4 is 40.8 Å². The SMILES string of the molecule is O=C(Cc1cccc(Cl)c1)Nc1cc(Cl)ccc1C(=O)O. The number of carboxylic acid groups (broad SMARTS) is 1. The van der Waals surface area contributed by atoms with Crippen molar-refractivity contribution in [3.8, 4) is 0 Å². The summed E-state index contributed by atoms with van der Waals surface area (Å²) in [5.74, 6) is -1.48. The molecule has 0 spiro atoms. The van der Waals surface area contributed by atoms with Crippen LogP contribution in [0.15, 0.2) is 42.5 Å². The standard InChI is InChI=1S/C15H11Cl2NO3/c16-10-3-1-2-9(6-10)7-14(19)18-13-8-11(17)4-5-12(13)15(20)21/h1-6,8H,7H2,(H,18,19)(H,20,21). The molecule has 0 heterocycles. The number of halogens is 2. The Hall–Kier alpha value is -2.04. The molecule has 4 nitrogen and oxygen atoms in total. The monoisotopic (exact) mass is 323 g/mol. The third kappa shape index (κ3) is 4.21. The average Bonchev–Trinajstić information content (AvgIpc) is 2.38. The maximum Gasteiger partial charge on any atom is 0.337 e. The van der Waals surface area contributed by atoms with E-state index in [2.05, 4.69) is 5.32 Å². The van der Waals surface area contributed by atoms with Crippen LogP contribution in [-0.2, 0) is 11.2 Å². The fraction of sp³-hybridized carbons (Fsp3) is 0.0667. The lowest BCUT2D eigenvalue weighted by Gasteiger charge is -2.09. The molecule has 0 atom stereocenters. The second-order valence-corrected chi connectivity index (χ2v) is 5.22. The number of amides is 1. The number of benzene rings is 2. The quantitative estimate of drug-likeness (QED) is 0.897. The van der Waals surface area contributed by atoms with Gasteiger partial charge in [0.15, 0.2) is 0 Å². The third-order valence-electron chi connectivity index (χ3n) is 2.74. The highest BCUT2D eigenvalue weighted by atomic mass is 35.5. The molecule has 0 aliphatic rings. The topological polar surface area (TPSA) is 66.4 Å². The molecule has 6 heteroatoms. The summed E-state index contributed by atoms with van der Waals surface area (Å²) in [6.07, 6.45) is 0.0894. The zero-order chi connectivity index (χ0) is 15.4. The lowest BCUT2D eigenvalue weighted by atomic mass is 10.1. The van der Waals surface area contributed by atoms with Crippen LogP contribution in [0.3, 0.4) is 0 Å². The van der Waals surface area contributed by atoms with Crippen molar-refractivity contribution in [2.75, 3.05) is 5.32 Å². The highest BCUT2D eigenvalue weighted by molar-refractivity contribution is 6.31. The minimum Gasteiger partial charge on any atom is -0.478 e. The fourth-order valence-corrected chi connectivity index (χ4v) is 2.22. The van der Waals surface area contributed by atoms with Crippen molar-refractivity contribution in [1.29, 1.82) is 0 Å². The summed E-state index contributed by atoms with van der Waals surface area (Å²) in [6.45, 7) is 0. The van der Waals surface area contributed by atoms with Crippen LogP contribution in [0.5, 0.6) is 0 Å². The van der Waals surface area contributed by atoms with Crippen LogP contribution in [-0.4, -0.2) is 17.0 Å². The Morgan fingerprint density at radius 3 is 2.43 bits per heavy atom. The van der Waals surface area contributed by atoms with Gasteiger partial charge in [0.05, 0.1) is 17.7 Å². The lowest BCUT2D eigenvalue weighted by Crippen LogP contribution is -2.16. The maximum absolute atomic E-state index is 12.0. The van der Waals surface area contributed by atoms with Crippen LogP contribution in [0.25, 0.3) is 0 Å². The lowest BCUT2D eigenvalue weighted by molar-refractivity contribution is -0.115. The highest BCUT2D eigenvalue weighted by Crippen LogP contribution is 2.21. The molecule has 0 bridgehead atoms. The molecule has 2 aromatic carbocycles. The number of nitrogens with one attached hydrogen (secondary N) is 1. The normalized spacial score (nSPS) is 10.2. The van der Waals surface area contributed by atoms with Gasteiger partial charge in [-0.15, -0.1) is 0 Å². The zero-order valence-corrected chi connectivity index (χ0v) is 12.3. The minimum absolute atomic E-state index is 0.0150. The Morgan fingerprint density at radius 2 is 1.76 bits per heavy atom. The first-order valence-electron chi connectivity index (χ1n) is 6.03. The molecule has 1 amide bonds. The van der Waals surface area contributed by atoms with Gasteiger partial charge in [-0.05, 0) is 35.9 Å². The summed E-state index contributed by atoms with van der Waals surface area (Å²) in [5.41, 5.74) is 0.889. The van der Waals surface area contributed by atoms with Crippen molar-refractivity contribution in [2.45, 2.75) is 6.42 Å². The number of hydrogen-bond donors (Lipinski definition) is 2. The zero-order valence-electron chi connectivity index (χ0n) is 10.8. The molecule has 0 unspecified atom stereocenters. The van der Waals surface area contributed by atoms with Gasteiger partial charge >= 0.3 is 5.97 Å². The first kappa shape index (κ1) is 15.4. The Labute approximate surface area is 131 Å². The number of rotatable bonds is 4. The van der Waals surface area contributed by atoms with E-state index in [9.17, 15) is 9.59 Å². The van der Waals surface area contributed by atoms with Gasteiger partial charge in [0, 0.05) is 10.0 Å². The fourth-order valence-electron chi connectivity index (χ4n) is 1.83. The van der Waals surface area contributed by atoms with Crippen LogP contribution in [0.1, 0.15) is 15.9 Å². The molecule has 0 aromatic heterocycles. The molecule has 0 aliphatic heterocycles. The van der Waals surface area contributed by atoms with E-state index >= 15 is 0 Å². The van der Waals surface area contributed by atoms with Gasteiger partial charge in [0.1, 0.15) is 0 Å². The number of hydrogen-bond acceptors (Lipinski definition) is 2. The van der Waals surface area contributed by atoms with Crippen molar-refractivity contribution in [3.63, 3.8) is 0 Å². The van der Waals surface area contributed by atoms with E-state index in [1.54, 1.807) is 24.3 Å². The molecule has 0 radical (unpaired) electrons. The number of aromatic carboxylic acids is 1. The predicted molar refractivity (Wildman–Crippen MR) is 82.2 cm³/mol. The van der Waals surface area contributed by atoms with E-state index in [0.717, 1.165) is 5.56 Å². The summed E-state index contributed by atoms with van der Waals surface area (Å²) in [4.78, 5) is 23.1. The molecule has 0 saturated heterocycles. The molecular weight excluding hydrogens is 313 g/mol. The smallest absolute Gasteiger partial charge is 0.337 e. The number of carboxylic acids is 1. The first-order chi connectivity index (χ1) is 9.95. The van der Waals surface area contributed by atoms with Gasteiger partial charge < -0.3 is 10.4 Å². The van der Waals surface area contributed by atoms with Crippen LogP contribution in [0, 0.1) is 0 Å². The van der Waals surface area contributed by atoms with Gasteiger partial charge in [0.2, 0.25) is 5.91 Å². The summed E-state index contributed by atoms with van der Waals surface area (Å²) in [5, 5.41) is 12.5. The second-order valence-electron chi connectivity index (χ2n) is 4.35. The predicted octanol–water partition coefficient (Wildman–Crippen LogP) is 3.87. The van der Waals surface area contributed by atoms with Gasteiger partial charge in [-0.1, -0.05) is 35.3 Å². The Kier molecular flexibility index (Phi) is 4.83. The van der Waals surface area contributed by atoms with E-state index in [4.69, 9.17) is 28.3 Å². The van der Waals surface area contributed by atoms with E-state index in [-0.39, 0.29) is 23.6 Å². The Balaban J connectivity index is 2.16. The number of carbonyl (C=O) groups is 2. The van der Waals surface area contributed by atoms with Gasteiger partial charge in [-0.3, -0.25) is 4.79 Å². The molecule has 2 rings (SSSR count). The van der Waals surface area contributed by atoms with E-state index < -0.39 is 5.97 Å². The van der Waals surface area contributed by atoms with Crippen LogP contribution < -0.4 is 5.32 Å². The molecule has 0 aliphatic carbocycles. The van der Waals surface area contributed by atoms with Gasteiger partial charge in [-0.25, -0.2) is 4.79 Å². The van der Waals surface area contributed by atoms with E-state index in [1.807, 2.05) is 0 Å². The molecule has 0 saturated carbocycles. The van der Waals surface area contributed by atoms with Crippen molar-refractivity contribution in [3.05, 3.63) is 63.6 Å². The second kappa shape index (κ2) is 6.61. The molecule has 2 aromatic rings. The molecular formula is C15H11Cl2NO3. The summed E-state index contributed by atoms with van der Waals surface area (Å²) >= 11 is 11.7. The van der Waals surface area contributed by atoms with Crippen molar-refractivity contribution in [1.82, 2.24) is 0 Å². The third-order valence-corrected chi connectivity index (χ3v) is 3.21. The van der Waals surface area contributed by atoms with Crippen LogP contribution in [0.4, 0.5) is 5.69 Å². The summed E-state index contributed by atoms with van der Waals surface area (Å²) in [7, 11) is 0. The van der Waals surface area contributed by atoms with Gasteiger partial charge in [-0.2, -0.15) is 0 Å². The summed E-state index contributed by atoms with van der Waals surface area (Å²) < 4.78 is 0.